The van der Waals surface area contributed by atoms with Crippen LogP contribution in [0.1, 0.15) is 17.0 Å². The third-order valence-electron chi connectivity index (χ3n) is 3.82. The Morgan fingerprint density at radius 2 is 1.91 bits per heavy atom. The zero-order chi connectivity index (χ0) is 16.4. The molecule has 6 nitrogen and oxygen atoms in total. The number of aryl methyl sites for hydroxylation is 1. The van der Waals surface area contributed by atoms with Crippen LogP contribution in [0.3, 0.4) is 0 Å². The van der Waals surface area contributed by atoms with E-state index in [1.54, 1.807) is 6.07 Å². The lowest BCUT2D eigenvalue weighted by atomic mass is 10.1. The average Bonchev–Trinajstić information content (AvgIpc) is 2.90. The summed E-state index contributed by atoms with van der Waals surface area (Å²) >= 11 is 0. The fraction of sp³-hybridized carbons (Fsp3) is 0.235. The summed E-state index contributed by atoms with van der Waals surface area (Å²) in [4.78, 5) is 19.4. The zero-order valence-electron chi connectivity index (χ0n) is 13.2. The van der Waals surface area contributed by atoms with Gasteiger partial charge in [0.05, 0.1) is 23.0 Å². The van der Waals surface area contributed by atoms with Gasteiger partial charge < -0.3 is 9.88 Å². The minimum absolute atomic E-state index is 0.0769. The number of nitro groups is 1. The lowest BCUT2D eigenvalue weighted by Crippen LogP contribution is -3.06. The van der Waals surface area contributed by atoms with E-state index in [4.69, 9.17) is 0 Å². The molecular formula is C17H19N4O2+. The fourth-order valence-electron chi connectivity index (χ4n) is 2.65. The maximum atomic E-state index is 10.8. The SMILES string of the molecule is Cc1ccc(C[NH+](C)Cc2nc3ccc([N+](=O)[O-])cc3[nH]2)cc1. The van der Waals surface area contributed by atoms with Crippen molar-refractivity contribution in [2.45, 2.75) is 20.0 Å². The maximum Gasteiger partial charge on any atom is 0.271 e. The van der Waals surface area contributed by atoms with Crippen molar-refractivity contribution in [3.63, 3.8) is 0 Å². The molecule has 0 bridgehead atoms. The van der Waals surface area contributed by atoms with Gasteiger partial charge in [-0.25, -0.2) is 4.98 Å². The molecule has 2 N–H and O–H groups in total. The Hall–Kier alpha value is -2.73. The lowest BCUT2D eigenvalue weighted by molar-refractivity contribution is -0.908. The van der Waals surface area contributed by atoms with Crippen LogP contribution in [0.4, 0.5) is 5.69 Å². The Balaban J connectivity index is 1.72. The molecule has 0 saturated carbocycles. The largest absolute Gasteiger partial charge is 0.337 e. The number of aromatic amines is 1. The summed E-state index contributed by atoms with van der Waals surface area (Å²) in [6.45, 7) is 3.71. The zero-order valence-corrected chi connectivity index (χ0v) is 13.2. The number of hydrogen-bond donors (Lipinski definition) is 2. The lowest BCUT2D eigenvalue weighted by Gasteiger charge is -2.12. The Bertz CT molecular complexity index is 839. The molecule has 1 atom stereocenters. The van der Waals surface area contributed by atoms with Gasteiger partial charge in [-0.3, -0.25) is 10.1 Å². The molecule has 0 spiro atoms. The topological polar surface area (TPSA) is 76.3 Å². The highest BCUT2D eigenvalue weighted by Gasteiger charge is 2.12. The van der Waals surface area contributed by atoms with Crippen LogP contribution >= 0.6 is 0 Å². The molecule has 23 heavy (non-hydrogen) atoms. The number of nitrogens with one attached hydrogen (secondary N) is 2. The van der Waals surface area contributed by atoms with Gasteiger partial charge in [0.2, 0.25) is 0 Å². The van der Waals surface area contributed by atoms with Crippen LogP contribution in [0.25, 0.3) is 11.0 Å². The van der Waals surface area contributed by atoms with Crippen molar-refractivity contribution >= 4 is 16.7 Å². The standard InChI is InChI=1S/C17H18N4O2/c1-12-3-5-13(6-4-12)10-20(2)11-17-18-15-8-7-14(21(22)23)9-16(15)19-17/h3-9H,10-11H2,1-2H3,(H,18,19)/p+1. The van der Waals surface area contributed by atoms with Gasteiger partial charge in [0.25, 0.3) is 5.69 Å². The monoisotopic (exact) mass is 311 g/mol. The summed E-state index contributed by atoms with van der Waals surface area (Å²) in [5.74, 6) is 0.838. The second-order valence-electron chi connectivity index (χ2n) is 5.94. The number of quaternary nitrogens is 1. The maximum absolute atomic E-state index is 10.8. The van der Waals surface area contributed by atoms with Crippen molar-refractivity contribution in [1.29, 1.82) is 0 Å². The first-order valence-corrected chi connectivity index (χ1v) is 7.51. The van der Waals surface area contributed by atoms with Crippen molar-refractivity contribution in [3.8, 4) is 0 Å². The highest BCUT2D eigenvalue weighted by molar-refractivity contribution is 5.77. The summed E-state index contributed by atoms with van der Waals surface area (Å²) in [6.07, 6.45) is 0. The predicted octanol–water partition coefficient (Wildman–Crippen LogP) is 1.99. The molecule has 0 aliphatic rings. The number of aromatic nitrogens is 2. The van der Waals surface area contributed by atoms with Crippen LogP contribution in [0.2, 0.25) is 0 Å². The highest BCUT2D eigenvalue weighted by Crippen LogP contribution is 2.18. The normalized spacial score (nSPS) is 12.4. The Morgan fingerprint density at radius 3 is 2.61 bits per heavy atom. The quantitative estimate of drug-likeness (QED) is 0.559. The summed E-state index contributed by atoms with van der Waals surface area (Å²) < 4.78 is 0. The Morgan fingerprint density at radius 1 is 1.17 bits per heavy atom. The van der Waals surface area contributed by atoms with Gasteiger partial charge in [-0.1, -0.05) is 29.8 Å². The predicted molar refractivity (Wildman–Crippen MR) is 88.2 cm³/mol. The molecule has 3 aromatic rings. The first-order valence-electron chi connectivity index (χ1n) is 7.51. The van der Waals surface area contributed by atoms with Crippen LogP contribution in [-0.2, 0) is 13.1 Å². The molecule has 0 aliphatic heterocycles. The molecule has 0 saturated heterocycles. The molecule has 118 valence electrons. The summed E-state index contributed by atoms with van der Waals surface area (Å²) in [7, 11) is 2.11. The van der Waals surface area contributed by atoms with E-state index in [-0.39, 0.29) is 5.69 Å². The molecular weight excluding hydrogens is 292 g/mol. The highest BCUT2D eigenvalue weighted by atomic mass is 16.6. The van der Waals surface area contributed by atoms with Gasteiger partial charge in [-0.2, -0.15) is 0 Å². The number of hydrogen-bond acceptors (Lipinski definition) is 3. The van der Waals surface area contributed by atoms with Gasteiger partial charge in [0.1, 0.15) is 13.1 Å². The van der Waals surface area contributed by atoms with Gasteiger partial charge in [0, 0.05) is 17.7 Å². The average molecular weight is 311 g/mol. The third kappa shape index (κ3) is 3.54. The number of fused-ring (bicyclic) bond motifs is 1. The number of nitrogens with zero attached hydrogens (tertiary/aromatic N) is 2. The number of imidazole rings is 1. The van der Waals surface area contributed by atoms with Crippen LogP contribution in [0, 0.1) is 17.0 Å². The third-order valence-corrected chi connectivity index (χ3v) is 3.82. The first kappa shape index (κ1) is 15.2. The van der Waals surface area contributed by atoms with E-state index in [9.17, 15) is 10.1 Å². The van der Waals surface area contributed by atoms with Gasteiger partial charge in [-0.15, -0.1) is 0 Å². The molecule has 1 unspecified atom stereocenters. The van der Waals surface area contributed by atoms with E-state index in [1.165, 1.54) is 28.2 Å². The molecule has 2 aromatic carbocycles. The van der Waals surface area contributed by atoms with Crippen molar-refractivity contribution in [2.24, 2.45) is 0 Å². The fourth-order valence-corrected chi connectivity index (χ4v) is 2.65. The van der Waals surface area contributed by atoms with E-state index in [2.05, 4.69) is 48.2 Å². The Kier molecular flexibility index (Phi) is 4.08. The van der Waals surface area contributed by atoms with Crippen molar-refractivity contribution in [1.82, 2.24) is 9.97 Å². The van der Waals surface area contributed by atoms with E-state index < -0.39 is 4.92 Å². The van der Waals surface area contributed by atoms with E-state index >= 15 is 0 Å². The summed E-state index contributed by atoms with van der Waals surface area (Å²) in [6, 6.07) is 13.2. The van der Waals surface area contributed by atoms with Gasteiger partial charge in [0.15, 0.2) is 5.82 Å². The number of H-pyrrole nitrogens is 1. The van der Waals surface area contributed by atoms with Crippen molar-refractivity contribution in [3.05, 3.63) is 69.5 Å². The molecule has 1 heterocycles. The van der Waals surface area contributed by atoms with Crippen LogP contribution in [-0.4, -0.2) is 21.9 Å². The molecule has 3 rings (SSSR count). The number of rotatable bonds is 5. The minimum atomic E-state index is -0.394. The Labute approximate surface area is 133 Å². The van der Waals surface area contributed by atoms with Gasteiger partial charge in [-0.05, 0) is 13.0 Å². The first-order chi connectivity index (χ1) is 11.0. The molecule has 0 radical (unpaired) electrons. The number of nitro benzene ring substituents is 1. The van der Waals surface area contributed by atoms with Crippen molar-refractivity contribution in [2.75, 3.05) is 7.05 Å². The van der Waals surface area contributed by atoms with Crippen LogP contribution < -0.4 is 4.90 Å². The molecule has 1 aromatic heterocycles. The molecule has 0 fully saturated rings. The molecule has 0 aliphatic carbocycles. The molecule has 6 heteroatoms. The summed E-state index contributed by atoms with van der Waals surface area (Å²) in [5.41, 5.74) is 4.07. The van der Waals surface area contributed by atoms with E-state index in [1.807, 2.05) is 0 Å². The molecule has 0 amide bonds. The van der Waals surface area contributed by atoms with E-state index in [0.29, 0.717) is 5.52 Å². The van der Waals surface area contributed by atoms with E-state index in [0.717, 1.165) is 24.4 Å². The second-order valence-corrected chi connectivity index (χ2v) is 5.94. The number of non-ortho nitro benzene ring substituents is 1. The smallest absolute Gasteiger partial charge is 0.271 e. The summed E-state index contributed by atoms with van der Waals surface area (Å²) in [5, 5.41) is 10.8. The second kappa shape index (κ2) is 6.18. The van der Waals surface area contributed by atoms with Crippen LogP contribution in [0.5, 0.6) is 0 Å². The van der Waals surface area contributed by atoms with Crippen molar-refractivity contribution < 1.29 is 9.82 Å². The minimum Gasteiger partial charge on any atom is -0.337 e. The van der Waals surface area contributed by atoms with Gasteiger partial charge >= 0.3 is 0 Å². The van der Waals surface area contributed by atoms with Crippen LogP contribution in [0.15, 0.2) is 42.5 Å². The number of benzene rings is 2.